The Hall–Kier alpha value is -1.49. The first-order chi connectivity index (χ1) is 6.06. The van der Waals surface area contributed by atoms with Gasteiger partial charge in [-0.25, -0.2) is 13.6 Å². The van der Waals surface area contributed by atoms with Gasteiger partial charge in [0.05, 0.1) is 5.56 Å². The molecule has 0 spiro atoms. The molecule has 0 unspecified atom stereocenters. The minimum absolute atomic E-state index is 0.0150. The molecule has 0 saturated heterocycles. The van der Waals surface area contributed by atoms with Crippen LogP contribution in [-0.4, -0.2) is 11.1 Å². The van der Waals surface area contributed by atoms with Crippen LogP contribution in [0.1, 0.15) is 15.9 Å². The molecule has 13 heavy (non-hydrogen) atoms. The first-order valence-corrected chi connectivity index (χ1v) is 3.47. The number of carboxylic acids is 1. The van der Waals surface area contributed by atoms with E-state index < -0.39 is 23.2 Å². The Morgan fingerprint density at radius 1 is 1.38 bits per heavy atom. The van der Waals surface area contributed by atoms with Gasteiger partial charge >= 0.3 is 5.97 Å². The number of halogens is 2. The SMILES string of the molecule is NCc1cc(C(=O)O)c(F)cc1F. The van der Waals surface area contributed by atoms with Gasteiger partial charge in [-0.2, -0.15) is 0 Å². The monoisotopic (exact) mass is 187 g/mol. The zero-order valence-corrected chi connectivity index (χ0v) is 6.55. The molecule has 0 aliphatic carbocycles. The van der Waals surface area contributed by atoms with Crippen LogP contribution in [0.5, 0.6) is 0 Å². The maximum atomic E-state index is 12.8. The first-order valence-electron chi connectivity index (χ1n) is 3.47. The Labute approximate surface area is 72.8 Å². The molecule has 0 bridgehead atoms. The van der Waals surface area contributed by atoms with Gasteiger partial charge in [0.1, 0.15) is 11.6 Å². The van der Waals surface area contributed by atoms with E-state index in [1.54, 1.807) is 0 Å². The van der Waals surface area contributed by atoms with E-state index in [-0.39, 0.29) is 12.1 Å². The molecule has 0 aromatic heterocycles. The van der Waals surface area contributed by atoms with E-state index >= 15 is 0 Å². The van der Waals surface area contributed by atoms with Crippen molar-refractivity contribution in [1.82, 2.24) is 0 Å². The summed E-state index contributed by atoms with van der Waals surface area (Å²) in [6.45, 7) is -0.160. The second kappa shape index (κ2) is 3.49. The zero-order chi connectivity index (χ0) is 10.0. The molecule has 3 nitrogen and oxygen atoms in total. The van der Waals surface area contributed by atoms with Crippen LogP contribution < -0.4 is 5.73 Å². The van der Waals surface area contributed by atoms with Gasteiger partial charge in [-0.15, -0.1) is 0 Å². The standard InChI is InChI=1S/C8H7F2NO2/c9-6-2-7(10)5(8(12)13)1-4(6)3-11/h1-2H,3,11H2,(H,12,13). The van der Waals surface area contributed by atoms with Gasteiger partial charge in [-0.1, -0.05) is 0 Å². The zero-order valence-electron chi connectivity index (χ0n) is 6.55. The molecule has 0 aliphatic heterocycles. The van der Waals surface area contributed by atoms with Crippen molar-refractivity contribution < 1.29 is 18.7 Å². The van der Waals surface area contributed by atoms with Gasteiger partial charge < -0.3 is 10.8 Å². The van der Waals surface area contributed by atoms with E-state index in [4.69, 9.17) is 10.8 Å². The van der Waals surface area contributed by atoms with Gasteiger partial charge in [0, 0.05) is 18.2 Å². The van der Waals surface area contributed by atoms with E-state index in [0.29, 0.717) is 6.07 Å². The normalized spacial score (nSPS) is 10.1. The lowest BCUT2D eigenvalue weighted by atomic mass is 10.1. The highest BCUT2D eigenvalue weighted by Crippen LogP contribution is 2.14. The Kier molecular flexibility index (Phi) is 2.57. The molecule has 5 heteroatoms. The van der Waals surface area contributed by atoms with Crippen LogP contribution in [0, 0.1) is 11.6 Å². The fraction of sp³-hybridized carbons (Fsp3) is 0.125. The largest absolute Gasteiger partial charge is 0.478 e. The summed E-state index contributed by atoms with van der Waals surface area (Å²) in [5.74, 6) is -3.36. The van der Waals surface area contributed by atoms with Crippen molar-refractivity contribution in [2.24, 2.45) is 5.73 Å². The average molecular weight is 187 g/mol. The molecule has 0 amide bonds. The molecule has 1 aromatic carbocycles. The molecule has 70 valence electrons. The van der Waals surface area contributed by atoms with Crippen LogP contribution in [-0.2, 0) is 6.54 Å². The first kappa shape index (κ1) is 9.60. The molecule has 0 heterocycles. The Morgan fingerprint density at radius 3 is 2.46 bits per heavy atom. The average Bonchev–Trinajstić information content (AvgIpc) is 2.03. The van der Waals surface area contributed by atoms with Crippen LogP contribution in [0.15, 0.2) is 12.1 Å². The second-order valence-corrected chi connectivity index (χ2v) is 2.43. The van der Waals surface area contributed by atoms with E-state index in [0.717, 1.165) is 6.07 Å². The van der Waals surface area contributed by atoms with E-state index in [1.807, 2.05) is 0 Å². The summed E-state index contributed by atoms with van der Waals surface area (Å²) in [5, 5.41) is 8.47. The quantitative estimate of drug-likeness (QED) is 0.729. The lowest BCUT2D eigenvalue weighted by molar-refractivity contribution is 0.0691. The number of hydrogen-bond acceptors (Lipinski definition) is 2. The summed E-state index contributed by atoms with van der Waals surface area (Å²) in [4.78, 5) is 10.4. The maximum absolute atomic E-state index is 12.8. The number of nitrogens with two attached hydrogens (primary N) is 1. The second-order valence-electron chi connectivity index (χ2n) is 2.43. The fourth-order valence-electron chi connectivity index (χ4n) is 0.914. The molecule has 3 N–H and O–H groups in total. The minimum atomic E-state index is -1.44. The van der Waals surface area contributed by atoms with Gasteiger partial charge in [0.2, 0.25) is 0 Å². The van der Waals surface area contributed by atoms with Crippen LogP contribution >= 0.6 is 0 Å². The highest BCUT2D eigenvalue weighted by atomic mass is 19.1. The van der Waals surface area contributed by atoms with E-state index in [9.17, 15) is 13.6 Å². The molecular formula is C8H7F2NO2. The minimum Gasteiger partial charge on any atom is -0.478 e. The van der Waals surface area contributed by atoms with Gasteiger partial charge in [-0.05, 0) is 6.07 Å². The smallest absolute Gasteiger partial charge is 0.338 e. The van der Waals surface area contributed by atoms with Gasteiger partial charge in [0.15, 0.2) is 0 Å². The van der Waals surface area contributed by atoms with Crippen LogP contribution in [0.2, 0.25) is 0 Å². The lowest BCUT2D eigenvalue weighted by Gasteiger charge is -2.02. The summed E-state index contributed by atoms with van der Waals surface area (Å²) in [6, 6.07) is 1.42. The molecule has 1 aromatic rings. The number of aromatic carboxylic acids is 1. The highest BCUT2D eigenvalue weighted by Gasteiger charge is 2.13. The predicted molar refractivity (Wildman–Crippen MR) is 41.2 cm³/mol. The summed E-state index contributed by atoms with van der Waals surface area (Å²) < 4.78 is 25.5. The molecular weight excluding hydrogens is 180 g/mol. The van der Waals surface area contributed by atoms with Crippen molar-refractivity contribution in [1.29, 1.82) is 0 Å². The highest BCUT2D eigenvalue weighted by molar-refractivity contribution is 5.88. The molecule has 1 rings (SSSR count). The number of rotatable bonds is 2. The molecule has 0 aliphatic rings. The van der Waals surface area contributed by atoms with Crippen LogP contribution in [0.25, 0.3) is 0 Å². The van der Waals surface area contributed by atoms with E-state index in [1.165, 1.54) is 0 Å². The van der Waals surface area contributed by atoms with E-state index in [2.05, 4.69) is 0 Å². The Morgan fingerprint density at radius 2 is 2.00 bits per heavy atom. The van der Waals surface area contributed by atoms with Crippen molar-refractivity contribution >= 4 is 5.97 Å². The molecule has 0 saturated carbocycles. The number of hydrogen-bond donors (Lipinski definition) is 2. The van der Waals surface area contributed by atoms with Gasteiger partial charge in [-0.3, -0.25) is 0 Å². The molecule has 0 atom stereocenters. The number of carbonyl (C=O) groups is 1. The third kappa shape index (κ3) is 1.81. The number of benzene rings is 1. The third-order valence-electron chi connectivity index (χ3n) is 1.59. The summed E-state index contributed by atoms with van der Waals surface area (Å²) in [5.41, 5.74) is 4.53. The maximum Gasteiger partial charge on any atom is 0.338 e. The number of carboxylic acid groups (broad SMARTS) is 1. The lowest BCUT2D eigenvalue weighted by Crippen LogP contribution is -2.06. The molecule has 0 fully saturated rings. The summed E-state index contributed by atoms with van der Waals surface area (Å²) in [7, 11) is 0. The Bertz CT molecular complexity index is 352. The van der Waals surface area contributed by atoms with Crippen LogP contribution in [0.3, 0.4) is 0 Å². The fourth-order valence-corrected chi connectivity index (χ4v) is 0.914. The van der Waals surface area contributed by atoms with Crippen molar-refractivity contribution in [2.75, 3.05) is 0 Å². The third-order valence-corrected chi connectivity index (χ3v) is 1.59. The summed E-state index contributed by atoms with van der Waals surface area (Å²) in [6.07, 6.45) is 0. The molecule has 0 radical (unpaired) electrons. The van der Waals surface area contributed by atoms with Crippen LogP contribution in [0.4, 0.5) is 8.78 Å². The van der Waals surface area contributed by atoms with Crippen molar-refractivity contribution in [2.45, 2.75) is 6.54 Å². The Balaban J connectivity index is 3.30. The van der Waals surface area contributed by atoms with Crippen molar-refractivity contribution in [3.05, 3.63) is 34.9 Å². The predicted octanol–water partition coefficient (Wildman–Crippen LogP) is 1.12. The van der Waals surface area contributed by atoms with Gasteiger partial charge in [0.25, 0.3) is 0 Å². The topological polar surface area (TPSA) is 63.3 Å². The van der Waals surface area contributed by atoms with Crippen molar-refractivity contribution in [3.8, 4) is 0 Å². The summed E-state index contributed by atoms with van der Waals surface area (Å²) >= 11 is 0. The van der Waals surface area contributed by atoms with Crippen molar-refractivity contribution in [3.63, 3.8) is 0 Å².